The number of pyridine rings is 1. The first kappa shape index (κ1) is 11.3. The molecular weight excluding hydrogens is 214 g/mol. The monoisotopic (exact) mass is 229 g/mol. The highest BCUT2D eigenvalue weighted by Crippen LogP contribution is 2.07. The maximum absolute atomic E-state index is 4.33. The Kier molecular flexibility index (Phi) is 3.85. The molecule has 0 spiro atoms. The smallest absolute Gasteiger partial charge is 0.224 e. The van der Waals surface area contributed by atoms with Crippen molar-refractivity contribution in [2.75, 3.05) is 17.2 Å². The molecule has 0 aliphatic rings. The van der Waals surface area contributed by atoms with Crippen LogP contribution in [0.4, 0.5) is 11.8 Å². The molecule has 0 unspecified atom stereocenters. The van der Waals surface area contributed by atoms with Crippen LogP contribution in [-0.4, -0.2) is 21.5 Å². The Morgan fingerprint density at radius 3 is 2.65 bits per heavy atom. The van der Waals surface area contributed by atoms with Gasteiger partial charge in [-0.25, -0.2) is 4.98 Å². The van der Waals surface area contributed by atoms with Crippen molar-refractivity contribution in [1.82, 2.24) is 15.0 Å². The first-order valence-corrected chi connectivity index (χ1v) is 5.58. The van der Waals surface area contributed by atoms with Crippen molar-refractivity contribution in [3.8, 4) is 0 Å². The summed E-state index contributed by atoms with van der Waals surface area (Å²) in [4.78, 5) is 12.4. The number of aromatic nitrogens is 3. The number of hydrogen-bond donors (Lipinski definition) is 2. The maximum atomic E-state index is 4.33. The molecule has 2 aromatic rings. The molecule has 2 rings (SSSR count). The van der Waals surface area contributed by atoms with Gasteiger partial charge in [-0.15, -0.1) is 0 Å². The van der Waals surface area contributed by atoms with Gasteiger partial charge in [0.2, 0.25) is 5.95 Å². The topological polar surface area (TPSA) is 62.7 Å². The molecule has 0 aliphatic carbocycles. The van der Waals surface area contributed by atoms with E-state index in [1.807, 2.05) is 25.1 Å². The van der Waals surface area contributed by atoms with Gasteiger partial charge in [0.25, 0.3) is 0 Å². The summed E-state index contributed by atoms with van der Waals surface area (Å²) in [5.74, 6) is 1.46. The van der Waals surface area contributed by atoms with E-state index >= 15 is 0 Å². The van der Waals surface area contributed by atoms with Crippen LogP contribution in [0.5, 0.6) is 0 Å². The number of nitrogens with zero attached hydrogens (tertiary/aromatic N) is 3. The molecule has 2 heterocycles. The van der Waals surface area contributed by atoms with Crippen molar-refractivity contribution in [2.45, 2.75) is 13.5 Å². The summed E-state index contributed by atoms with van der Waals surface area (Å²) in [7, 11) is 0. The SMILES string of the molecule is CCNc1nccc(NCc2ccncc2)n1. The largest absolute Gasteiger partial charge is 0.366 e. The predicted molar refractivity (Wildman–Crippen MR) is 67.8 cm³/mol. The van der Waals surface area contributed by atoms with E-state index in [0.717, 1.165) is 18.9 Å². The Balaban J connectivity index is 1.97. The van der Waals surface area contributed by atoms with E-state index in [-0.39, 0.29) is 0 Å². The zero-order valence-corrected chi connectivity index (χ0v) is 9.72. The van der Waals surface area contributed by atoms with Crippen LogP contribution in [0.2, 0.25) is 0 Å². The average Bonchev–Trinajstić information content (AvgIpc) is 2.39. The molecule has 0 bridgehead atoms. The first-order chi connectivity index (χ1) is 8.38. The molecule has 88 valence electrons. The fraction of sp³-hybridized carbons (Fsp3) is 0.250. The van der Waals surface area contributed by atoms with Gasteiger partial charge in [0.1, 0.15) is 5.82 Å². The molecule has 17 heavy (non-hydrogen) atoms. The van der Waals surface area contributed by atoms with Crippen LogP contribution >= 0.6 is 0 Å². The predicted octanol–water partition coefficient (Wildman–Crippen LogP) is 1.92. The van der Waals surface area contributed by atoms with Crippen molar-refractivity contribution in [3.63, 3.8) is 0 Å². The number of rotatable bonds is 5. The van der Waals surface area contributed by atoms with E-state index in [0.29, 0.717) is 5.95 Å². The van der Waals surface area contributed by atoms with Gasteiger partial charge in [0.05, 0.1) is 0 Å². The van der Waals surface area contributed by atoms with Gasteiger partial charge in [-0.1, -0.05) is 0 Å². The highest BCUT2D eigenvalue weighted by molar-refractivity contribution is 5.40. The second-order valence-electron chi connectivity index (χ2n) is 3.50. The second kappa shape index (κ2) is 5.79. The number of hydrogen-bond acceptors (Lipinski definition) is 5. The van der Waals surface area contributed by atoms with Crippen molar-refractivity contribution in [3.05, 3.63) is 42.4 Å². The third-order valence-electron chi connectivity index (χ3n) is 2.21. The lowest BCUT2D eigenvalue weighted by atomic mass is 10.3. The summed E-state index contributed by atoms with van der Waals surface area (Å²) in [6.45, 7) is 3.55. The summed E-state index contributed by atoms with van der Waals surface area (Å²) in [6, 6.07) is 5.79. The van der Waals surface area contributed by atoms with Crippen LogP contribution < -0.4 is 10.6 Å². The average molecular weight is 229 g/mol. The van der Waals surface area contributed by atoms with Crippen LogP contribution in [0, 0.1) is 0 Å². The fourth-order valence-corrected chi connectivity index (χ4v) is 1.39. The third-order valence-corrected chi connectivity index (χ3v) is 2.21. The number of nitrogens with one attached hydrogen (secondary N) is 2. The fourth-order valence-electron chi connectivity index (χ4n) is 1.39. The van der Waals surface area contributed by atoms with E-state index in [2.05, 4.69) is 25.6 Å². The van der Waals surface area contributed by atoms with Gasteiger partial charge in [0, 0.05) is 31.7 Å². The van der Waals surface area contributed by atoms with Gasteiger partial charge in [-0.2, -0.15) is 4.98 Å². The first-order valence-electron chi connectivity index (χ1n) is 5.58. The summed E-state index contributed by atoms with van der Waals surface area (Å²) < 4.78 is 0. The van der Waals surface area contributed by atoms with Gasteiger partial charge in [-0.3, -0.25) is 4.98 Å². The Morgan fingerprint density at radius 2 is 1.88 bits per heavy atom. The standard InChI is InChI=1S/C12H15N5/c1-2-14-12-15-8-5-11(17-12)16-9-10-3-6-13-7-4-10/h3-8H,2,9H2,1H3,(H2,14,15,16,17). The van der Waals surface area contributed by atoms with Gasteiger partial charge in [-0.05, 0) is 30.7 Å². The summed E-state index contributed by atoms with van der Waals surface area (Å²) in [6.07, 6.45) is 5.29. The lowest BCUT2D eigenvalue weighted by Crippen LogP contribution is -2.06. The molecule has 2 N–H and O–H groups in total. The Bertz CT molecular complexity index is 457. The molecular formula is C12H15N5. The highest BCUT2D eigenvalue weighted by Gasteiger charge is 1.97. The van der Waals surface area contributed by atoms with E-state index in [1.54, 1.807) is 18.6 Å². The Morgan fingerprint density at radius 1 is 1.06 bits per heavy atom. The minimum absolute atomic E-state index is 0.646. The maximum Gasteiger partial charge on any atom is 0.224 e. The molecule has 0 saturated heterocycles. The van der Waals surface area contributed by atoms with Gasteiger partial charge >= 0.3 is 0 Å². The quantitative estimate of drug-likeness (QED) is 0.820. The molecule has 0 amide bonds. The van der Waals surface area contributed by atoms with E-state index in [1.165, 1.54) is 5.56 Å². The summed E-state index contributed by atoms with van der Waals surface area (Å²) >= 11 is 0. The van der Waals surface area contributed by atoms with Crippen molar-refractivity contribution in [1.29, 1.82) is 0 Å². The highest BCUT2D eigenvalue weighted by atomic mass is 15.1. The summed E-state index contributed by atoms with van der Waals surface area (Å²) in [5.41, 5.74) is 1.17. The van der Waals surface area contributed by atoms with Crippen LogP contribution in [0.25, 0.3) is 0 Å². The van der Waals surface area contributed by atoms with Gasteiger partial charge < -0.3 is 10.6 Å². The van der Waals surface area contributed by atoms with Crippen LogP contribution in [-0.2, 0) is 6.54 Å². The van der Waals surface area contributed by atoms with Crippen LogP contribution in [0.3, 0.4) is 0 Å². The van der Waals surface area contributed by atoms with E-state index < -0.39 is 0 Å². The van der Waals surface area contributed by atoms with E-state index in [9.17, 15) is 0 Å². The Hall–Kier alpha value is -2.17. The minimum atomic E-state index is 0.646. The normalized spacial score (nSPS) is 9.94. The molecule has 0 atom stereocenters. The molecule has 0 aromatic carbocycles. The molecule has 0 aliphatic heterocycles. The zero-order valence-electron chi connectivity index (χ0n) is 9.72. The molecule has 0 radical (unpaired) electrons. The molecule has 2 aromatic heterocycles. The van der Waals surface area contributed by atoms with Crippen LogP contribution in [0.1, 0.15) is 12.5 Å². The third kappa shape index (κ3) is 3.41. The molecule has 5 heteroatoms. The van der Waals surface area contributed by atoms with Crippen molar-refractivity contribution < 1.29 is 0 Å². The number of anilines is 2. The van der Waals surface area contributed by atoms with Crippen molar-refractivity contribution >= 4 is 11.8 Å². The molecule has 5 nitrogen and oxygen atoms in total. The van der Waals surface area contributed by atoms with Gasteiger partial charge in [0.15, 0.2) is 0 Å². The Labute approximate surface area is 100 Å². The molecule has 0 saturated carbocycles. The minimum Gasteiger partial charge on any atom is -0.366 e. The second-order valence-corrected chi connectivity index (χ2v) is 3.50. The molecule has 0 fully saturated rings. The lowest BCUT2D eigenvalue weighted by Gasteiger charge is -2.07. The van der Waals surface area contributed by atoms with E-state index in [4.69, 9.17) is 0 Å². The lowest BCUT2D eigenvalue weighted by molar-refractivity contribution is 1.05. The van der Waals surface area contributed by atoms with Crippen molar-refractivity contribution in [2.24, 2.45) is 0 Å². The van der Waals surface area contributed by atoms with Crippen LogP contribution in [0.15, 0.2) is 36.8 Å². The summed E-state index contributed by atoms with van der Waals surface area (Å²) in [5, 5.41) is 6.31. The zero-order chi connectivity index (χ0) is 11.9.